The maximum absolute atomic E-state index is 12.0. The molecule has 1 aromatic carbocycles. The standard InChI is InChI=1S/C13H20N2O2/c1-3-13(14,4-2)12(17)15-11-8-6-5-7-10(11)9-16/h5-8,16H,3-4,9,14H2,1-2H3,(H,15,17). The summed E-state index contributed by atoms with van der Waals surface area (Å²) in [6, 6.07) is 7.16. The number of aliphatic hydroxyl groups is 1. The van der Waals surface area contributed by atoms with Crippen molar-refractivity contribution in [3.8, 4) is 0 Å². The van der Waals surface area contributed by atoms with Crippen molar-refractivity contribution in [1.82, 2.24) is 0 Å². The molecular formula is C13H20N2O2. The molecule has 0 heterocycles. The number of carbonyl (C=O) groups is 1. The first-order chi connectivity index (χ1) is 8.07. The average Bonchev–Trinajstić information content (AvgIpc) is 2.38. The Balaban J connectivity index is 2.87. The van der Waals surface area contributed by atoms with Gasteiger partial charge in [-0.05, 0) is 18.9 Å². The molecule has 4 N–H and O–H groups in total. The van der Waals surface area contributed by atoms with Gasteiger partial charge in [-0.2, -0.15) is 0 Å². The molecule has 4 nitrogen and oxygen atoms in total. The van der Waals surface area contributed by atoms with Gasteiger partial charge in [0.15, 0.2) is 0 Å². The molecule has 0 aliphatic heterocycles. The van der Waals surface area contributed by atoms with E-state index in [1.165, 1.54) is 0 Å². The molecule has 0 unspecified atom stereocenters. The molecule has 1 rings (SSSR count). The van der Waals surface area contributed by atoms with E-state index in [1.54, 1.807) is 12.1 Å². The van der Waals surface area contributed by atoms with Crippen LogP contribution in [-0.2, 0) is 11.4 Å². The molecule has 0 saturated carbocycles. The Bertz CT molecular complexity index is 387. The summed E-state index contributed by atoms with van der Waals surface area (Å²) < 4.78 is 0. The second-order valence-corrected chi connectivity index (χ2v) is 4.13. The van der Waals surface area contributed by atoms with Gasteiger partial charge in [0, 0.05) is 11.3 Å². The lowest BCUT2D eigenvalue weighted by Crippen LogP contribution is -2.50. The monoisotopic (exact) mass is 236 g/mol. The molecule has 1 aromatic rings. The maximum atomic E-state index is 12.0. The fraction of sp³-hybridized carbons (Fsp3) is 0.462. The van der Waals surface area contributed by atoms with Crippen molar-refractivity contribution in [1.29, 1.82) is 0 Å². The number of benzene rings is 1. The molecule has 0 atom stereocenters. The minimum atomic E-state index is -0.845. The van der Waals surface area contributed by atoms with Crippen molar-refractivity contribution in [2.24, 2.45) is 5.73 Å². The quantitative estimate of drug-likeness (QED) is 0.727. The van der Waals surface area contributed by atoms with E-state index < -0.39 is 5.54 Å². The van der Waals surface area contributed by atoms with Crippen LogP contribution in [-0.4, -0.2) is 16.6 Å². The predicted octanol–water partition coefficient (Wildman–Crippen LogP) is 1.63. The number of anilines is 1. The zero-order chi connectivity index (χ0) is 12.9. The van der Waals surface area contributed by atoms with Gasteiger partial charge in [-0.15, -0.1) is 0 Å². The zero-order valence-electron chi connectivity index (χ0n) is 10.4. The smallest absolute Gasteiger partial charge is 0.244 e. The van der Waals surface area contributed by atoms with Gasteiger partial charge in [0.2, 0.25) is 5.91 Å². The van der Waals surface area contributed by atoms with Crippen molar-refractivity contribution >= 4 is 11.6 Å². The van der Waals surface area contributed by atoms with Crippen LogP contribution >= 0.6 is 0 Å². The van der Waals surface area contributed by atoms with E-state index in [0.717, 1.165) is 0 Å². The Labute approximate surface area is 102 Å². The number of hydrogen-bond acceptors (Lipinski definition) is 3. The van der Waals surface area contributed by atoms with E-state index in [4.69, 9.17) is 10.8 Å². The Kier molecular flexibility index (Phi) is 4.66. The van der Waals surface area contributed by atoms with Crippen molar-refractivity contribution in [2.45, 2.75) is 38.8 Å². The highest BCUT2D eigenvalue weighted by Gasteiger charge is 2.30. The number of rotatable bonds is 5. The van der Waals surface area contributed by atoms with Crippen LogP contribution in [0, 0.1) is 0 Å². The number of nitrogens with two attached hydrogens (primary N) is 1. The molecule has 0 spiro atoms. The highest BCUT2D eigenvalue weighted by Crippen LogP contribution is 2.19. The van der Waals surface area contributed by atoms with Crippen LogP contribution in [0.2, 0.25) is 0 Å². The van der Waals surface area contributed by atoms with Gasteiger partial charge in [0.05, 0.1) is 12.1 Å². The molecule has 0 fully saturated rings. The summed E-state index contributed by atoms with van der Waals surface area (Å²) in [5, 5.41) is 11.9. The first-order valence-electron chi connectivity index (χ1n) is 5.86. The summed E-state index contributed by atoms with van der Waals surface area (Å²) in [5.74, 6) is -0.205. The fourth-order valence-electron chi connectivity index (χ4n) is 1.60. The van der Waals surface area contributed by atoms with Crippen molar-refractivity contribution in [3.63, 3.8) is 0 Å². The van der Waals surface area contributed by atoms with Gasteiger partial charge in [-0.3, -0.25) is 4.79 Å². The van der Waals surface area contributed by atoms with Gasteiger partial charge >= 0.3 is 0 Å². The van der Waals surface area contributed by atoms with E-state index in [2.05, 4.69) is 5.32 Å². The van der Waals surface area contributed by atoms with Gasteiger partial charge in [-0.1, -0.05) is 32.0 Å². The summed E-state index contributed by atoms with van der Waals surface area (Å²) in [6.45, 7) is 3.67. The third-order valence-electron chi connectivity index (χ3n) is 3.15. The predicted molar refractivity (Wildman–Crippen MR) is 68.5 cm³/mol. The molecular weight excluding hydrogens is 216 g/mol. The Morgan fingerprint density at radius 3 is 2.47 bits per heavy atom. The largest absolute Gasteiger partial charge is 0.392 e. The Hall–Kier alpha value is -1.39. The third-order valence-corrected chi connectivity index (χ3v) is 3.15. The minimum absolute atomic E-state index is 0.105. The van der Waals surface area contributed by atoms with Crippen molar-refractivity contribution in [2.75, 3.05) is 5.32 Å². The zero-order valence-corrected chi connectivity index (χ0v) is 10.4. The van der Waals surface area contributed by atoms with E-state index >= 15 is 0 Å². The van der Waals surface area contributed by atoms with Gasteiger partial charge in [-0.25, -0.2) is 0 Å². The number of nitrogens with one attached hydrogen (secondary N) is 1. The van der Waals surface area contributed by atoms with Crippen LogP contribution in [0.15, 0.2) is 24.3 Å². The normalized spacial score (nSPS) is 11.3. The number of hydrogen-bond donors (Lipinski definition) is 3. The lowest BCUT2D eigenvalue weighted by Gasteiger charge is -2.25. The second kappa shape index (κ2) is 5.80. The molecule has 1 amide bonds. The molecule has 0 radical (unpaired) electrons. The minimum Gasteiger partial charge on any atom is -0.392 e. The van der Waals surface area contributed by atoms with Gasteiger partial charge in [0.1, 0.15) is 0 Å². The van der Waals surface area contributed by atoms with Gasteiger partial charge < -0.3 is 16.2 Å². The van der Waals surface area contributed by atoms with Crippen LogP contribution in [0.4, 0.5) is 5.69 Å². The summed E-state index contributed by atoms with van der Waals surface area (Å²) >= 11 is 0. The molecule has 4 heteroatoms. The van der Waals surface area contributed by atoms with E-state index in [-0.39, 0.29) is 12.5 Å². The summed E-state index contributed by atoms with van der Waals surface area (Å²) in [4.78, 5) is 12.0. The van der Waals surface area contributed by atoms with E-state index in [9.17, 15) is 4.79 Å². The number of aliphatic hydroxyl groups excluding tert-OH is 1. The molecule has 0 bridgehead atoms. The van der Waals surface area contributed by atoms with Crippen LogP contribution in [0.3, 0.4) is 0 Å². The molecule has 0 saturated heterocycles. The Morgan fingerprint density at radius 2 is 1.94 bits per heavy atom. The summed E-state index contributed by atoms with van der Waals surface area (Å²) in [7, 11) is 0. The van der Waals surface area contributed by atoms with Crippen LogP contribution in [0.1, 0.15) is 32.3 Å². The first kappa shape index (κ1) is 13.7. The van der Waals surface area contributed by atoms with Crippen molar-refractivity contribution < 1.29 is 9.90 Å². The van der Waals surface area contributed by atoms with Crippen LogP contribution < -0.4 is 11.1 Å². The maximum Gasteiger partial charge on any atom is 0.244 e. The molecule has 17 heavy (non-hydrogen) atoms. The summed E-state index contributed by atoms with van der Waals surface area (Å²) in [5.41, 5.74) is 6.47. The SMILES string of the molecule is CCC(N)(CC)C(=O)Nc1ccccc1CO. The highest BCUT2D eigenvalue weighted by atomic mass is 16.3. The molecule has 0 aliphatic rings. The van der Waals surface area contributed by atoms with E-state index in [1.807, 2.05) is 26.0 Å². The number of para-hydroxylation sites is 1. The van der Waals surface area contributed by atoms with Crippen LogP contribution in [0.5, 0.6) is 0 Å². The number of amides is 1. The fourth-order valence-corrected chi connectivity index (χ4v) is 1.60. The average molecular weight is 236 g/mol. The van der Waals surface area contributed by atoms with Gasteiger partial charge in [0.25, 0.3) is 0 Å². The second-order valence-electron chi connectivity index (χ2n) is 4.13. The molecule has 0 aromatic heterocycles. The topological polar surface area (TPSA) is 75.4 Å². The third kappa shape index (κ3) is 3.05. The van der Waals surface area contributed by atoms with Crippen molar-refractivity contribution in [3.05, 3.63) is 29.8 Å². The molecule has 0 aliphatic carbocycles. The lowest BCUT2D eigenvalue weighted by molar-refractivity contribution is -0.121. The van der Waals surface area contributed by atoms with E-state index in [0.29, 0.717) is 24.1 Å². The summed E-state index contributed by atoms with van der Waals surface area (Å²) in [6.07, 6.45) is 1.16. The van der Waals surface area contributed by atoms with Crippen LogP contribution in [0.25, 0.3) is 0 Å². The highest BCUT2D eigenvalue weighted by molar-refractivity contribution is 5.98. The number of carbonyl (C=O) groups excluding carboxylic acids is 1. The first-order valence-corrected chi connectivity index (χ1v) is 5.86. The Morgan fingerprint density at radius 1 is 1.35 bits per heavy atom. The molecule has 94 valence electrons. The lowest BCUT2D eigenvalue weighted by atomic mass is 9.93.